The molecule has 2 bridgehead atoms. The molecule has 3 rings (SSSR count). The second kappa shape index (κ2) is 6.85. The second-order valence-electron chi connectivity index (χ2n) is 6.24. The molecule has 4 atom stereocenters. The number of allylic oxidation sites excluding steroid dienone is 2. The molecule has 128 valence electrons. The van der Waals surface area contributed by atoms with Crippen molar-refractivity contribution in [3.8, 4) is 5.75 Å². The highest BCUT2D eigenvalue weighted by Gasteiger charge is 2.51. The van der Waals surface area contributed by atoms with Gasteiger partial charge in [-0.2, -0.15) is 0 Å². The molecule has 0 aliphatic heterocycles. The van der Waals surface area contributed by atoms with Crippen LogP contribution in [-0.4, -0.2) is 23.6 Å². The Hall–Kier alpha value is -2.01. The smallest absolute Gasteiger partial charge is 0.307 e. The van der Waals surface area contributed by atoms with Crippen LogP contribution < -0.4 is 10.1 Å². The Kier molecular flexibility index (Phi) is 4.81. The van der Waals surface area contributed by atoms with Crippen LogP contribution in [0.4, 0.5) is 0 Å². The van der Waals surface area contributed by atoms with Gasteiger partial charge in [0.1, 0.15) is 5.75 Å². The minimum Gasteiger partial charge on any atom is -0.493 e. The van der Waals surface area contributed by atoms with E-state index in [0.29, 0.717) is 17.4 Å². The van der Waals surface area contributed by atoms with Crippen LogP contribution in [0.3, 0.4) is 0 Å². The molecule has 1 aromatic rings. The molecule has 1 aromatic carbocycles. The van der Waals surface area contributed by atoms with Gasteiger partial charge in [-0.3, -0.25) is 9.59 Å². The highest BCUT2D eigenvalue weighted by Crippen LogP contribution is 2.48. The summed E-state index contributed by atoms with van der Waals surface area (Å²) < 4.78 is 5.54. The number of amides is 1. The van der Waals surface area contributed by atoms with E-state index in [2.05, 4.69) is 5.32 Å². The molecule has 24 heavy (non-hydrogen) atoms. The zero-order chi connectivity index (χ0) is 17.3. The number of hydrogen-bond acceptors (Lipinski definition) is 3. The van der Waals surface area contributed by atoms with Gasteiger partial charge in [-0.1, -0.05) is 29.8 Å². The van der Waals surface area contributed by atoms with E-state index in [1.54, 1.807) is 12.1 Å². The maximum Gasteiger partial charge on any atom is 0.307 e. The number of rotatable bonds is 6. The standard InChI is InChI=1S/C18H20ClNO4/c1-2-24-14-8-13(19)6-5-12(14)9-20-17(21)15-10-3-4-11(7-10)16(15)18(22)23/h3-6,8,10-11,15-16H,2,7,9H2,1H3,(H,20,21)(H,22,23). The largest absolute Gasteiger partial charge is 0.493 e. The van der Waals surface area contributed by atoms with E-state index in [1.165, 1.54) is 0 Å². The lowest BCUT2D eigenvalue weighted by molar-refractivity contribution is -0.147. The van der Waals surface area contributed by atoms with Gasteiger partial charge < -0.3 is 15.2 Å². The number of fused-ring (bicyclic) bond motifs is 2. The van der Waals surface area contributed by atoms with E-state index < -0.39 is 17.8 Å². The van der Waals surface area contributed by atoms with Crippen molar-refractivity contribution in [3.05, 3.63) is 40.9 Å². The van der Waals surface area contributed by atoms with Crippen molar-refractivity contribution in [1.82, 2.24) is 5.32 Å². The fraction of sp³-hybridized carbons (Fsp3) is 0.444. The van der Waals surface area contributed by atoms with Crippen molar-refractivity contribution in [3.63, 3.8) is 0 Å². The topological polar surface area (TPSA) is 75.6 Å². The van der Waals surface area contributed by atoms with E-state index in [4.69, 9.17) is 16.3 Å². The van der Waals surface area contributed by atoms with Crippen molar-refractivity contribution < 1.29 is 19.4 Å². The van der Waals surface area contributed by atoms with Crippen molar-refractivity contribution >= 4 is 23.5 Å². The number of aliphatic carboxylic acids is 1. The average Bonchev–Trinajstić information content (AvgIpc) is 3.15. The molecule has 2 N–H and O–H groups in total. The first-order valence-electron chi connectivity index (χ1n) is 8.11. The fourth-order valence-corrected chi connectivity index (χ4v) is 3.94. The van der Waals surface area contributed by atoms with Crippen molar-refractivity contribution in [2.45, 2.75) is 19.9 Å². The molecule has 2 aliphatic carbocycles. The summed E-state index contributed by atoms with van der Waals surface area (Å²) in [6, 6.07) is 5.27. The van der Waals surface area contributed by atoms with Crippen molar-refractivity contribution in [1.29, 1.82) is 0 Å². The molecule has 1 saturated carbocycles. The first kappa shape index (κ1) is 16.8. The zero-order valence-corrected chi connectivity index (χ0v) is 14.1. The normalized spacial score (nSPS) is 27.2. The monoisotopic (exact) mass is 349 g/mol. The van der Waals surface area contributed by atoms with Gasteiger partial charge in [0.05, 0.1) is 18.4 Å². The van der Waals surface area contributed by atoms with Gasteiger partial charge in [-0.25, -0.2) is 0 Å². The first-order valence-corrected chi connectivity index (χ1v) is 8.49. The third-order valence-electron chi connectivity index (χ3n) is 4.83. The fourth-order valence-electron chi connectivity index (χ4n) is 3.78. The van der Waals surface area contributed by atoms with Crippen molar-refractivity contribution in [2.75, 3.05) is 6.61 Å². The molecular formula is C18H20ClNO4. The van der Waals surface area contributed by atoms with Gasteiger partial charge in [0.15, 0.2) is 0 Å². The van der Waals surface area contributed by atoms with Gasteiger partial charge in [0.25, 0.3) is 0 Å². The summed E-state index contributed by atoms with van der Waals surface area (Å²) in [5, 5.41) is 12.9. The summed E-state index contributed by atoms with van der Waals surface area (Å²) in [7, 11) is 0. The summed E-state index contributed by atoms with van der Waals surface area (Å²) in [6.45, 7) is 2.66. The van der Waals surface area contributed by atoms with E-state index in [1.807, 2.05) is 25.1 Å². The Morgan fingerprint density at radius 1 is 1.29 bits per heavy atom. The summed E-state index contributed by atoms with van der Waals surface area (Å²) in [5.74, 6) is -1.61. The van der Waals surface area contributed by atoms with Gasteiger partial charge in [-0.05, 0) is 37.3 Å². The SMILES string of the molecule is CCOc1cc(Cl)ccc1CNC(=O)C1C2C=CC(C2)C1C(=O)O. The summed E-state index contributed by atoms with van der Waals surface area (Å²) >= 11 is 5.98. The lowest BCUT2D eigenvalue weighted by Crippen LogP contribution is -2.39. The third-order valence-corrected chi connectivity index (χ3v) is 5.06. The number of carboxylic acid groups (broad SMARTS) is 1. The minimum atomic E-state index is -0.895. The highest BCUT2D eigenvalue weighted by molar-refractivity contribution is 6.30. The summed E-state index contributed by atoms with van der Waals surface area (Å²) in [4.78, 5) is 24.1. The lowest BCUT2D eigenvalue weighted by Gasteiger charge is -2.24. The Morgan fingerprint density at radius 3 is 2.67 bits per heavy atom. The number of carbonyl (C=O) groups excluding carboxylic acids is 1. The lowest BCUT2D eigenvalue weighted by atomic mass is 9.82. The number of ether oxygens (including phenoxy) is 1. The summed E-state index contributed by atoms with van der Waals surface area (Å²) in [6.07, 6.45) is 4.65. The maximum absolute atomic E-state index is 12.6. The molecule has 1 fully saturated rings. The molecule has 0 saturated heterocycles. The molecule has 0 spiro atoms. The zero-order valence-electron chi connectivity index (χ0n) is 13.4. The van der Waals surface area contributed by atoms with Crippen LogP contribution in [0.1, 0.15) is 18.9 Å². The summed E-state index contributed by atoms with van der Waals surface area (Å²) in [5.41, 5.74) is 0.820. The van der Waals surface area contributed by atoms with Crippen LogP contribution in [0.2, 0.25) is 5.02 Å². The number of nitrogens with one attached hydrogen (secondary N) is 1. The molecule has 2 aliphatic rings. The minimum absolute atomic E-state index is 0.0210. The number of hydrogen-bond donors (Lipinski definition) is 2. The van der Waals surface area contributed by atoms with Gasteiger partial charge in [0, 0.05) is 17.1 Å². The Labute approximate surface area is 145 Å². The van der Waals surface area contributed by atoms with E-state index in [0.717, 1.165) is 12.0 Å². The Balaban J connectivity index is 1.70. The van der Waals surface area contributed by atoms with Crippen LogP contribution in [0.15, 0.2) is 30.4 Å². The molecule has 6 heteroatoms. The highest BCUT2D eigenvalue weighted by atomic mass is 35.5. The van der Waals surface area contributed by atoms with Gasteiger partial charge in [0.2, 0.25) is 5.91 Å². The Morgan fingerprint density at radius 2 is 2.00 bits per heavy atom. The number of halogens is 1. The van der Waals surface area contributed by atoms with Crippen LogP contribution in [0, 0.1) is 23.7 Å². The van der Waals surface area contributed by atoms with Crippen LogP contribution in [0.25, 0.3) is 0 Å². The van der Waals surface area contributed by atoms with E-state index >= 15 is 0 Å². The number of benzene rings is 1. The molecular weight excluding hydrogens is 330 g/mol. The quantitative estimate of drug-likeness (QED) is 0.774. The van der Waals surface area contributed by atoms with Gasteiger partial charge in [-0.15, -0.1) is 0 Å². The molecule has 1 amide bonds. The van der Waals surface area contributed by atoms with E-state index in [9.17, 15) is 14.7 Å². The Bertz CT molecular complexity index is 688. The molecule has 0 heterocycles. The third kappa shape index (κ3) is 3.13. The maximum atomic E-state index is 12.6. The van der Waals surface area contributed by atoms with Crippen LogP contribution in [0.5, 0.6) is 5.75 Å². The first-order chi connectivity index (χ1) is 11.5. The van der Waals surface area contributed by atoms with E-state index in [-0.39, 0.29) is 24.3 Å². The molecule has 0 aromatic heterocycles. The molecule has 4 unspecified atom stereocenters. The number of carboxylic acids is 1. The molecule has 0 radical (unpaired) electrons. The number of carbonyl (C=O) groups is 2. The van der Waals surface area contributed by atoms with Crippen LogP contribution >= 0.6 is 11.6 Å². The predicted molar refractivity (Wildman–Crippen MR) is 89.8 cm³/mol. The average molecular weight is 350 g/mol. The second-order valence-corrected chi connectivity index (χ2v) is 6.68. The molecule has 5 nitrogen and oxygen atoms in total. The predicted octanol–water partition coefficient (Wildman–Crippen LogP) is 2.88. The van der Waals surface area contributed by atoms with Crippen LogP contribution in [-0.2, 0) is 16.1 Å². The van der Waals surface area contributed by atoms with Crippen molar-refractivity contribution in [2.24, 2.45) is 23.7 Å². The van der Waals surface area contributed by atoms with Gasteiger partial charge >= 0.3 is 5.97 Å².